The lowest BCUT2D eigenvalue weighted by molar-refractivity contribution is -0.527. The lowest BCUT2D eigenvalue weighted by Gasteiger charge is -2.18. The van der Waals surface area contributed by atoms with Gasteiger partial charge >= 0.3 is 11.9 Å². The molecular weight excluding hydrogens is 901 g/mol. The van der Waals surface area contributed by atoms with E-state index >= 15 is 0 Å². The van der Waals surface area contributed by atoms with Crippen molar-refractivity contribution in [3.8, 4) is 0 Å². The van der Waals surface area contributed by atoms with E-state index in [9.17, 15) is 19.2 Å². The molecule has 0 bridgehead atoms. The van der Waals surface area contributed by atoms with Gasteiger partial charge in [0, 0.05) is 43.4 Å². The van der Waals surface area contributed by atoms with E-state index in [1.165, 1.54) is 11.3 Å². The highest BCUT2D eigenvalue weighted by atomic mass is 32.1. The highest BCUT2D eigenvalue weighted by Gasteiger charge is 2.19. The van der Waals surface area contributed by atoms with E-state index < -0.39 is 64.8 Å². The van der Waals surface area contributed by atoms with Crippen molar-refractivity contribution in [2.45, 2.75) is 89.9 Å². The van der Waals surface area contributed by atoms with Crippen LogP contribution in [0.15, 0.2) is 52.9 Å². The van der Waals surface area contributed by atoms with E-state index in [0.29, 0.717) is 36.2 Å². The molecule has 0 fully saturated rings. The third-order valence-corrected chi connectivity index (χ3v) is 9.95. The molecule has 2 heterocycles. The number of esters is 2. The van der Waals surface area contributed by atoms with Gasteiger partial charge < -0.3 is 24.7 Å². The number of aryl methyl sites for hydroxylation is 1. The number of carbonyl (C=O) groups is 4. The molecule has 1 aromatic carbocycles. The predicted octanol–water partition coefficient (Wildman–Crippen LogP) is 3.02. The minimum Gasteiger partial charge on any atom is -0.464 e. The fourth-order valence-corrected chi connectivity index (χ4v) is 6.73. The molecule has 2 amide bonds. The van der Waals surface area contributed by atoms with Gasteiger partial charge in [0.15, 0.2) is 0 Å². The van der Waals surface area contributed by atoms with Gasteiger partial charge in [-0.15, -0.1) is 0 Å². The second kappa shape index (κ2) is 31.2. The summed E-state index contributed by atoms with van der Waals surface area (Å²) in [5.74, 6) is -1.14. The van der Waals surface area contributed by atoms with Crippen molar-refractivity contribution in [1.82, 2.24) is 41.7 Å². The number of nitrogens with zero attached hydrogens (tertiary/aromatic N) is 6. The molecule has 3 rings (SSSR count). The number of unbranched alkanes of at least 4 members (excludes halogenated alkanes) is 1. The lowest BCUT2D eigenvalue weighted by Crippen LogP contribution is -2.31. The number of nitrogens with one attached hydrogen (secondary N) is 2. The van der Waals surface area contributed by atoms with Crippen LogP contribution < -0.4 is 10.6 Å². The van der Waals surface area contributed by atoms with Crippen LogP contribution in [-0.4, -0.2) is 148 Å². The summed E-state index contributed by atoms with van der Waals surface area (Å²) in [7, 11) is 0. The molecule has 0 saturated heterocycles. The summed E-state index contributed by atoms with van der Waals surface area (Å²) in [6, 6.07) is 8.85. The Bertz CT molecular complexity index is 1900. The molecule has 0 spiro atoms. The zero-order valence-electron chi connectivity index (χ0n) is 36.1. The van der Waals surface area contributed by atoms with E-state index in [0.717, 1.165) is 29.8 Å². The maximum atomic E-state index is 13.6. The van der Waals surface area contributed by atoms with Gasteiger partial charge in [-0.3, -0.25) is 60.8 Å². The first-order valence-electron chi connectivity index (χ1n) is 20.7. The number of thiophene rings is 1. The quantitative estimate of drug-likeness (QED) is 0.0178. The number of aromatic nitrogens is 2. The topological polar surface area (TPSA) is 340 Å². The van der Waals surface area contributed by atoms with Gasteiger partial charge in [-0.2, -0.15) is 11.3 Å². The van der Waals surface area contributed by atoms with Crippen molar-refractivity contribution in [2.24, 2.45) is 0 Å². The first kappa shape index (κ1) is 55.4. The molecule has 0 saturated carbocycles. The molecule has 2 atom stereocenters. The smallest absolute Gasteiger partial charge is 0.305 e. The van der Waals surface area contributed by atoms with Gasteiger partial charge in [-0.25, -0.2) is 24.3 Å². The van der Waals surface area contributed by atoms with Crippen molar-refractivity contribution in [2.75, 3.05) is 39.5 Å². The van der Waals surface area contributed by atoms with Crippen LogP contribution in [-0.2, 0) is 62.6 Å². The maximum Gasteiger partial charge on any atom is 0.305 e. The Kier molecular flexibility index (Phi) is 26.2. The molecule has 3 aromatic rings. The fourth-order valence-electron chi connectivity index (χ4n) is 6.06. The molecule has 2 unspecified atom stereocenters. The minimum absolute atomic E-state index is 0.00938. The van der Waals surface area contributed by atoms with Crippen LogP contribution in [0.3, 0.4) is 0 Å². The van der Waals surface area contributed by atoms with Crippen LogP contribution in [0, 0.1) is 0 Å². The molecular formula is C39H58N8O18S. The fraction of sp³-hybridized carbons (Fsp3) is 0.513. The number of amides is 2. The van der Waals surface area contributed by atoms with Crippen LogP contribution in [0.25, 0.3) is 6.08 Å². The summed E-state index contributed by atoms with van der Waals surface area (Å²) in [5, 5.41) is 77.3. The normalized spacial score (nSPS) is 12.8. The number of ether oxygens (including phenoxy) is 2. The van der Waals surface area contributed by atoms with Crippen LogP contribution in [0.1, 0.15) is 91.3 Å². The van der Waals surface area contributed by atoms with Gasteiger partial charge in [0.1, 0.15) is 44.5 Å². The lowest BCUT2D eigenvalue weighted by atomic mass is 10.1. The van der Waals surface area contributed by atoms with Crippen molar-refractivity contribution < 1.29 is 89.7 Å². The number of benzene rings is 1. The highest BCUT2D eigenvalue weighted by molar-refractivity contribution is 7.07. The Morgan fingerprint density at radius 1 is 0.758 bits per heavy atom. The first-order valence-corrected chi connectivity index (χ1v) is 21.6. The summed E-state index contributed by atoms with van der Waals surface area (Å²) < 4.78 is 12.4. The molecule has 10 N–H and O–H groups in total. The van der Waals surface area contributed by atoms with Gasteiger partial charge in [0.2, 0.25) is 5.91 Å². The summed E-state index contributed by atoms with van der Waals surface area (Å²) >= 11 is 1.49. The summed E-state index contributed by atoms with van der Waals surface area (Å²) in [6.45, 7) is 1.31. The average Bonchev–Trinajstić information content (AvgIpc) is 3.93. The number of rotatable bonds is 34. The van der Waals surface area contributed by atoms with Gasteiger partial charge in [0.25, 0.3) is 5.91 Å². The van der Waals surface area contributed by atoms with Crippen molar-refractivity contribution in [1.29, 1.82) is 0 Å². The van der Waals surface area contributed by atoms with Crippen molar-refractivity contribution in [3.05, 3.63) is 81.1 Å². The Morgan fingerprint density at radius 3 is 1.85 bits per heavy atom. The van der Waals surface area contributed by atoms with Crippen LogP contribution in [0.2, 0.25) is 0 Å². The van der Waals surface area contributed by atoms with Gasteiger partial charge in [-0.1, -0.05) is 25.5 Å². The highest BCUT2D eigenvalue weighted by Crippen LogP contribution is 2.20. The Morgan fingerprint density at radius 2 is 1.33 bits per heavy atom. The molecule has 0 aliphatic rings. The van der Waals surface area contributed by atoms with Crippen LogP contribution in [0.4, 0.5) is 0 Å². The summed E-state index contributed by atoms with van der Waals surface area (Å²) in [6.07, 6.45) is 4.48. The molecule has 0 radical (unpaired) electrons. The second-order valence-corrected chi connectivity index (χ2v) is 15.0. The minimum atomic E-state index is -1.04. The molecule has 2 aromatic heterocycles. The molecule has 0 aliphatic heterocycles. The van der Waals surface area contributed by atoms with E-state index in [2.05, 4.69) is 41.9 Å². The molecule has 66 heavy (non-hydrogen) atoms. The first-order chi connectivity index (χ1) is 31.6. The zero-order chi connectivity index (χ0) is 48.3. The second-order valence-electron chi connectivity index (χ2n) is 14.3. The molecule has 368 valence electrons. The van der Waals surface area contributed by atoms with E-state index in [1.807, 2.05) is 21.4 Å². The summed E-state index contributed by atoms with van der Waals surface area (Å²) in [4.78, 5) is 73.7. The van der Waals surface area contributed by atoms with Crippen LogP contribution in [0.5, 0.6) is 0 Å². The molecule has 27 heteroatoms. The SMILES string of the molecule is CCCCc1ncc(/C=C(\Cc2ccsc2)C(=O)NCCOC(=O)CCCC(CON(O)O)ON(O)O)n1Cc1ccc(C(=O)NCCOC(=O)CCCC(CON(O)O)ON(O)O)cc1. The Labute approximate surface area is 382 Å². The maximum absolute atomic E-state index is 13.6. The number of carbonyl (C=O) groups excluding carboxylic acids is 4. The standard InChI is InChI=1S/C39H58N8O18S/c1-2-3-8-35-42-23-32(22-31(21-29-15-20-66-27-29)39(51)41-17-19-61-37(49)10-5-7-34(65-47(58)59)26-63-45(54)55)43(35)24-28-11-13-30(14-12-28)38(50)40-16-18-60-36(48)9-4-6-33(64-46(56)57)25-62-44(52)53/h11-15,20,22-23,27,33-34,52-59H,2-10,16-19,21,24-26H2,1H3,(H,40,50)(H,41,51)/b31-22+. The van der Waals surface area contributed by atoms with Gasteiger partial charge in [0.05, 0.1) is 46.5 Å². The third-order valence-electron chi connectivity index (χ3n) is 9.22. The molecule has 26 nitrogen and oxygen atoms in total. The zero-order valence-corrected chi connectivity index (χ0v) is 36.9. The average molecular weight is 959 g/mol. The van der Waals surface area contributed by atoms with E-state index in [4.69, 9.17) is 51.1 Å². The Hall–Kier alpha value is -4.89. The monoisotopic (exact) mass is 958 g/mol. The van der Waals surface area contributed by atoms with Crippen molar-refractivity contribution >= 4 is 41.2 Å². The van der Waals surface area contributed by atoms with E-state index in [1.54, 1.807) is 36.5 Å². The Balaban J connectivity index is 1.57. The van der Waals surface area contributed by atoms with Crippen LogP contribution >= 0.6 is 11.3 Å². The van der Waals surface area contributed by atoms with Crippen molar-refractivity contribution in [3.63, 3.8) is 0 Å². The number of imidazole rings is 1. The van der Waals surface area contributed by atoms with Gasteiger partial charge in [-0.05, 0) is 78.3 Å². The number of hydrogen-bond acceptors (Lipinski definition) is 24. The largest absolute Gasteiger partial charge is 0.464 e. The summed E-state index contributed by atoms with van der Waals surface area (Å²) in [5.41, 5.74) is 3.26. The molecule has 0 aliphatic carbocycles. The number of hydrogen-bond donors (Lipinski definition) is 10. The predicted molar refractivity (Wildman–Crippen MR) is 221 cm³/mol. The third kappa shape index (κ3) is 23.0. The van der Waals surface area contributed by atoms with E-state index in [-0.39, 0.29) is 70.7 Å².